The van der Waals surface area contributed by atoms with Crippen molar-refractivity contribution in [3.63, 3.8) is 0 Å². The summed E-state index contributed by atoms with van der Waals surface area (Å²) in [6.07, 6.45) is 1.48. The zero-order valence-electron chi connectivity index (χ0n) is 8.45. The predicted molar refractivity (Wildman–Crippen MR) is 59.2 cm³/mol. The molecule has 0 heterocycles. The van der Waals surface area contributed by atoms with E-state index < -0.39 is 0 Å². The third-order valence-corrected chi connectivity index (χ3v) is 2.32. The second kappa shape index (κ2) is 6.67. The molecule has 1 aromatic rings. The minimum atomic E-state index is -0.0874. The van der Waals surface area contributed by atoms with Crippen molar-refractivity contribution < 1.29 is 14.9 Å². The van der Waals surface area contributed by atoms with Crippen molar-refractivity contribution in [2.45, 2.75) is 19.4 Å². The highest BCUT2D eigenvalue weighted by Crippen LogP contribution is 2.28. The molecule has 0 aliphatic rings. The molecule has 84 valence electrons. The Morgan fingerprint density at radius 2 is 2.00 bits per heavy atom. The number of ether oxygens (including phenoxy) is 1. The van der Waals surface area contributed by atoms with E-state index in [1.165, 1.54) is 0 Å². The normalized spacial score (nSPS) is 10.3. The summed E-state index contributed by atoms with van der Waals surface area (Å²) in [6, 6.07) is 5.27. The number of rotatable bonds is 6. The van der Waals surface area contributed by atoms with Gasteiger partial charge < -0.3 is 14.9 Å². The lowest BCUT2D eigenvalue weighted by atomic mass is 10.2. The number of unbranched alkanes of at least 4 members (excludes halogenated alkanes) is 1. The van der Waals surface area contributed by atoms with Crippen molar-refractivity contribution in [3.05, 3.63) is 28.8 Å². The van der Waals surface area contributed by atoms with Gasteiger partial charge in [0.05, 0.1) is 18.2 Å². The van der Waals surface area contributed by atoms with Crippen LogP contribution in [0.2, 0.25) is 5.02 Å². The van der Waals surface area contributed by atoms with E-state index in [1.807, 2.05) is 0 Å². The molecular weight excluding hydrogens is 216 g/mol. The molecule has 4 heteroatoms. The van der Waals surface area contributed by atoms with Gasteiger partial charge in [-0.25, -0.2) is 0 Å². The van der Waals surface area contributed by atoms with Crippen LogP contribution in [0.15, 0.2) is 18.2 Å². The van der Waals surface area contributed by atoms with Gasteiger partial charge in [-0.1, -0.05) is 23.7 Å². The Balaban J connectivity index is 2.58. The van der Waals surface area contributed by atoms with Crippen molar-refractivity contribution in [1.29, 1.82) is 0 Å². The summed E-state index contributed by atoms with van der Waals surface area (Å²) < 4.78 is 5.46. The van der Waals surface area contributed by atoms with E-state index in [1.54, 1.807) is 18.2 Å². The fourth-order valence-corrected chi connectivity index (χ4v) is 1.48. The van der Waals surface area contributed by atoms with Crippen LogP contribution < -0.4 is 4.74 Å². The summed E-state index contributed by atoms with van der Waals surface area (Å²) in [7, 11) is 0. The Morgan fingerprint density at radius 3 is 2.67 bits per heavy atom. The van der Waals surface area contributed by atoms with Crippen molar-refractivity contribution in [3.8, 4) is 5.75 Å². The van der Waals surface area contributed by atoms with Crippen LogP contribution in [0.1, 0.15) is 18.4 Å². The van der Waals surface area contributed by atoms with Crippen LogP contribution in [-0.4, -0.2) is 23.4 Å². The lowest BCUT2D eigenvalue weighted by molar-refractivity contribution is 0.242. The molecule has 3 nitrogen and oxygen atoms in total. The van der Waals surface area contributed by atoms with E-state index >= 15 is 0 Å². The Morgan fingerprint density at radius 1 is 1.20 bits per heavy atom. The number of benzene rings is 1. The molecule has 0 aromatic heterocycles. The molecule has 0 radical (unpaired) electrons. The number of para-hydroxylation sites is 1. The van der Waals surface area contributed by atoms with Gasteiger partial charge in [0.15, 0.2) is 0 Å². The molecule has 0 aliphatic carbocycles. The topological polar surface area (TPSA) is 49.7 Å². The number of hydrogen-bond acceptors (Lipinski definition) is 3. The molecule has 0 fully saturated rings. The average Bonchev–Trinajstić information content (AvgIpc) is 2.26. The second-order valence-electron chi connectivity index (χ2n) is 3.17. The first-order valence-corrected chi connectivity index (χ1v) is 5.29. The van der Waals surface area contributed by atoms with Crippen LogP contribution in [0, 0.1) is 0 Å². The molecule has 0 aliphatic heterocycles. The molecule has 1 rings (SSSR count). The van der Waals surface area contributed by atoms with Gasteiger partial charge in [-0.05, 0) is 18.9 Å². The maximum Gasteiger partial charge on any atom is 0.143 e. The van der Waals surface area contributed by atoms with E-state index in [0.717, 1.165) is 6.42 Å². The van der Waals surface area contributed by atoms with E-state index in [2.05, 4.69) is 0 Å². The molecule has 15 heavy (non-hydrogen) atoms. The maximum absolute atomic E-state index is 9.07. The van der Waals surface area contributed by atoms with Gasteiger partial charge in [-0.3, -0.25) is 0 Å². The summed E-state index contributed by atoms with van der Waals surface area (Å²) in [5.74, 6) is 0.541. The Labute approximate surface area is 94.3 Å². The first-order valence-electron chi connectivity index (χ1n) is 4.91. The van der Waals surface area contributed by atoms with Gasteiger partial charge >= 0.3 is 0 Å². The second-order valence-corrected chi connectivity index (χ2v) is 3.57. The Kier molecular flexibility index (Phi) is 5.47. The molecule has 0 unspecified atom stereocenters. The number of halogens is 1. The third kappa shape index (κ3) is 3.70. The monoisotopic (exact) mass is 230 g/mol. The number of aliphatic hydroxyl groups excluding tert-OH is 2. The highest BCUT2D eigenvalue weighted by molar-refractivity contribution is 6.32. The van der Waals surface area contributed by atoms with Gasteiger partial charge in [0.25, 0.3) is 0 Å². The van der Waals surface area contributed by atoms with Gasteiger partial charge in [-0.15, -0.1) is 0 Å². The quantitative estimate of drug-likeness (QED) is 0.735. The standard InChI is InChI=1S/C11H15ClO3/c12-10-5-3-4-9(8-14)11(10)15-7-2-1-6-13/h3-5,13-14H,1-2,6-8H2. The molecular formula is C11H15ClO3. The molecule has 0 saturated carbocycles. The Bertz CT molecular complexity index is 302. The SMILES string of the molecule is OCCCCOc1c(Cl)cccc1CO. The summed E-state index contributed by atoms with van der Waals surface area (Å²) in [5, 5.41) is 18.2. The highest BCUT2D eigenvalue weighted by Gasteiger charge is 2.06. The fraction of sp³-hybridized carbons (Fsp3) is 0.455. The zero-order chi connectivity index (χ0) is 11.1. The average molecular weight is 231 g/mol. The van der Waals surface area contributed by atoms with E-state index in [-0.39, 0.29) is 13.2 Å². The molecule has 0 amide bonds. The summed E-state index contributed by atoms with van der Waals surface area (Å²) in [5.41, 5.74) is 0.687. The van der Waals surface area contributed by atoms with Gasteiger partial charge in [0.1, 0.15) is 5.75 Å². The minimum absolute atomic E-state index is 0.0874. The molecule has 0 bridgehead atoms. The van der Waals surface area contributed by atoms with Crippen molar-refractivity contribution in [1.82, 2.24) is 0 Å². The largest absolute Gasteiger partial charge is 0.492 e. The third-order valence-electron chi connectivity index (χ3n) is 2.02. The molecule has 0 atom stereocenters. The van der Waals surface area contributed by atoms with Gasteiger partial charge in [-0.2, -0.15) is 0 Å². The summed E-state index contributed by atoms with van der Waals surface area (Å²) >= 11 is 5.94. The minimum Gasteiger partial charge on any atom is -0.492 e. The van der Waals surface area contributed by atoms with Crippen LogP contribution in [0.3, 0.4) is 0 Å². The lowest BCUT2D eigenvalue weighted by Crippen LogP contribution is -2.01. The van der Waals surface area contributed by atoms with Crippen LogP contribution in [0.4, 0.5) is 0 Å². The van der Waals surface area contributed by atoms with Crippen molar-refractivity contribution in [2.75, 3.05) is 13.2 Å². The van der Waals surface area contributed by atoms with Crippen LogP contribution in [0.5, 0.6) is 5.75 Å². The van der Waals surface area contributed by atoms with Gasteiger partial charge in [0, 0.05) is 12.2 Å². The van der Waals surface area contributed by atoms with Crippen LogP contribution >= 0.6 is 11.6 Å². The van der Waals surface area contributed by atoms with E-state index in [0.29, 0.717) is 29.4 Å². The molecule has 2 N–H and O–H groups in total. The van der Waals surface area contributed by atoms with Crippen molar-refractivity contribution >= 4 is 11.6 Å². The first kappa shape index (κ1) is 12.3. The lowest BCUT2D eigenvalue weighted by Gasteiger charge is -2.11. The zero-order valence-corrected chi connectivity index (χ0v) is 9.20. The van der Waals surface area contributed by atoms with Gasteiger partial charge in [0.2, 0.25) is 0 Å². The van der Waals surface area contributed by atoms with Crippen LogP contribution in [0.25, 0.3) is 0 Å². The smallest absolute Gasteiger partial charge is 0.143 e. The van der Waals surface area contributed by atoms with Crippen LogP contribution in [-0.2, 0) is 6.61 Å². The maximum atomic E-state index is 9.07. The molecule has 0 spiro atoms. The fourth-order valence-electron chi connectivity index (χ4n) is 1.23. The summed E-state index contributed by atoms with van der Waals surface area (Å²) in [6.45, 7) is 0.575. The van der Waals surface area contributed by atoms with Crippen molar-refractivity contribution in [2.24, 2.45) is 0 Å². The summed E-state index contributed by atoms with van der Waals surface area (Å²) in [4.78, 5) is 0. The molecule has 0 saturated heterocycles. The predicted octanol–water partition coefficient (Wildman–Crippen LogP) is 1.98. The van der Waals surface area contributed by atoms with E-state index in [9.17, 15) is 0 Å². The Hall–Kier alpha value is -0.770. The first-order chi connectivity index (χ1) is 7.29. The highest BCUT2D eigenvalue weighted by atomic mass is 35.5. The van der Waals surface area contributed by atoms with E-state index in [4.69, 9.17) is 26.6 Å². The number of aliphatic hydroxyl groups is 2. The number of hydrogen-bond donors (Lipinski definition) is 2. The molecule has 1 aromatic carbocycles.